The number of nitrogens with zero attached hydrogens (tertiary/aromatic N) is 3. The first kappa shape index (κ1) is 19.9. The molecule has 1 aliphatic rings. The van der Waals surface area contributed by atoms with E-state index < -0.39 is 6.67 Å². The summed E-state index contributed by atoms with van der Waals surface area (Å²) >= 11 is 0. The van der Waals surface area contributed by atoms with E-state index in [1.165, 1.54) is 6.20 Å². The number of piperidine rings is 1. The summed E-state index contributed by atoms with van der Waals surface area (Å²) in [4.78, 5) is 13.4. The van der Waals surface area contributed by atoms with Gasteiger partial charge >= 0.3 is 0 Å². The number of pyridine rings is 1. The van der Waals surface area contributed by atoms with Crippen LogP contribution < -0.4 is 9.47 Å². The Balaban J connectivity index is 1.57. The average Bonchev–Trinajstić information content (AvgIpc) is 3.22. The van der Waals surface area contributed by atoms with Gasteiger partial charge in [0.25, 0.3) is 0 Å². The fourth-order valence-electron chi connectivity index (χ4n) is 3.16. The van der Waals surface area contributed by atoms with E-state index >= 15 is 0 Å². The zero-order chi connectivity index (χ0) is 20.1. The van der Waals surface area contributed by atoms with Crippen molar-refractivity contribution in [2.24, 2.45) is 0 Å². The number of imidazole rings is 1. The molecule has 150 valence electrons. The number of rotatable bonds is 6. The third kappa shape index (κ3) is 4.49. The zero-order valence-corrected chi connectivity index (χ0v) is 16.5. The number of hydrogen-bond acceptors (Lipinski definition) is 5. The second-order valence-electron chi connectivity index (χ2n) is 6.83. The van der Waals surface area contributed by atoms with Crippen LogP contribution in [0.5, 0.6) is 11.6 Å². The number of hydrogen-bond donors (Lipinski definition) is 2. The number of methoxy groups -OCH3 is 1. The molecule has 3 heterocycles. The van der Waals surface area contributed by atoms with Crippen molar-refractivity contribution in [1.29, 1.82) is 5.41 Å². The van der Waals surface area contributed by atoms with E-state index in [9.17, 15) is 4.39 Å². The molecule has 7 nitrogen and oxygen atoms in total. The predicted molar refractivity (Wildman–Crippen MR) is 105 cm³/mol. The van der Waals surface area contributed by atoms with Gasteiger partial charge in [0.05, 0.1) is 25.2 Å². The van der Waals surface area contributed by atoms with Crippen LogP contribution in [0.3, 0.4) is 0 Å². The number of ether oxygens (including phenoxy) is 2. The Morgan fingerprint density at radius 1 is 1.25 bits per heavy atom. The van der Waals surface area contributed by atoms with Crippen LogP contribution in [0.1, 0.15) is 38.2 Å². The van der Waals surface area contributed by atoms with Crippen LogP contribution >= 0.6 is 0 Å². The Bertz CT molecular complexity index is 839. The van der Waals surface area contributed by atoms with Gasteiger partial charge in [0.1, 0.15) is 30.2 Å². The molecule has 0 amide bonds. The molecule has 1 fully saturated rings. The van der Waals surface area contributed by atoms with Gasteiger partial charge in [-0.1, -0.05) is 0 Å². The molecular formula is C20H26FN5O2. The molecule has 0 atom stereocenters. The first-order chi connectivity index (χ1) is 13.5. The average molecular weight is 387 g/mol. The third-order valence-electron chi connectivity index (χ3n) is 5.02. The number of amidine groups is 1. The number of alkyl halides is 1. The van der Waals surface area contributed by atoms with Gasteiger partial charge in [0.2, 0.25) is 5.88 Å². The minimum atomic E-state index is -0.575. The van der Waals surface area contributed by atoms with E-state index in [-0.39, 0.29) is 6.10 Å². The van der Waals surface area contributed by atoms with E-state index in [0.717, 1.165) is 42.8 Å². The van der Waals surface area contributed by atoms with Gasteiger partial charge in [-0.05, 0) is 31.1 Å². The number of nitrogens with one attached hydrogen (secondary N) is 2. The van der Waals surface area contributed by atoms with Gasteiger partial charge in [-0.25, -0.2) is 14.4 Å². The smallest absolute Gasteiger partial charge is 0.213 e. The van der Waals surface area contributed by atoms with Crippen molar-refractivity contribution in [1.82, 2.24) is 19.9 Å². The fraction of sp³-hybridized carbons (Fsp3) is 0.450. The van der Waals surface area contributed by atoms with Gasteiger partial charge < -0.3 is 19.4 Å². The largest absolute Gasteiger partial charge is 0.489 e. The van der Waals surface area contributed by atoms with Crippen LogP contribution in [0.4, 0.5) is 4.39 Å². The summed E-state index contributed by atoms with van der Waals surface area (Å²) in [7, 11) is 1.58. The quantitative estimate of drug-likeness (QED) is 0.584. The van der Waals surface area contributed by atoms with E-state index in [2.05, 4.69) is 15.0 Å². The Labute approximate surface area is 164 Å². The van der Waals surface area contributed by atoms with Crippen LogP contribution in [0, 0.1) is 5.41 Å². The summed E-state index contributed by atoms with van der Waals surface area (Å²) < 4.78 is 23.8. The maximum absolute atomic E-state index is 12.7. The van der Waals surface area contributed by atoms with E-state index in [1.807, 2.05) is 24.8 Å². The number of allylic oxidation sites excluding steroid dienone is 1. The standard InChI is InChI=1S/C20H26FN5O2/c1-13(14(2)20-24-11-15(10-21)25-20)19(22)26-8-6-16(7-9-26)28-17-4-5-18(27-3)23-12-17/h4-5,11-12,16,22H,6-10H2,1-3H3,(H,24,25)/b14-13-,22-19?. The Hall–Kier alpha value is -2.90. The minimum Gasteiger partial charge on any atom is -0.489 e. The number of H-pyrrole nitrogens is 1. The number of aromatic nitrogens is 3. The second-order valence-corrected chi connectivity index (χ2v) is 6.83. The molecule has 1 aliphatic heterocycles. The van der Waals surface area contributed by atoms with Gasteiger partial charge in [-0.3, -0.25) is 5.41 Å². The summed E-state index contributed by atoms with van der Waals surface area (Å²) in [5, 5.41) is 8.54. The molecule has 1 saturated heterocycles. The molecule has 0 bridgehead atoms. The number of aromatic amines is 1. The van der Waals surface area contributed by atoms with Crippen LogP contribution in [0.25, 0.3) is 5.57 Å². The monoisotopic (exact) mass is 387 g/mol. The number of halogens is 1. The van der Waals surface area contributed by atoms with Crippen molar-refractivity contribution >= 4 is 11.4 Å². The van der Waals surface area contributed by atoms with Crippen molar-refractivity contribution in [3.63, 3.8) is 0 Å². The highest BCUT2D eigenvalue weighted by Gasteiger charge is 2.24. The highest BCUT2D eigenvalue weighted by molar-refractivity contribution is 6.01. The Kier molecular flexibility index (Phi) is 6.28. The molecule has 3 rings (SSSR count). The Morgan fingerprint density at radius 3 is 2.57 bits per heavy atom. The molecule has 28 heavy (non-hydrogen) atoms. The summed E-state index contributed by atoms with van der Waals surface area (Å²) in [5.41, 5.74) is 2.13. The van der Waals surface area contributed by atoms with E-state index in [0.29, 0.717) is 23.2 Å². The van der Waals surface area contributed by atoms with Gasteiger partial charge in [-0.2, -0.15) is 0 Å². The minimum absolute atomic E-state index is 0.0989. The highest BCUT2D eigenvalue weighted by atomic mass is 19.1. The van der Waals surface area contributed by atoms with Crippen molar-refractivity contribution in [2.45, 2.75) is 39.5 Å². The normalized spacial score (nSPS) is 15.9. The van der Waals surface area contributed by atoms with Crippen LogP contribution in [-0.2, 0) is 6.67 Å². The first-order valence-electron chi connectivity index (χ1n) is 9.30. The first-order valence-corrected chi connectivity index (χ1v) is 9.30. The van der Waals surface area contributed by atoms with Crippen molar-refractivity contribution < 1.29 is 13.9 Å². The predicted octanol–water partition coefficient (Wildman–Crippen LogP) is 3.60. The van der Waals surface area contributed by atoms with Gasteiger partial charge in [-0.15, -0.1) is 0 Å². The van der Waals surface area contributed by atoms with Gasteiger partial charge in [0, 0.05) is 32.0 Å². The second kappa shape index (κ2) is 8.86. The van der Waals surface area contributed by atoms with Crippen LogP contribution in [0.2, 0.25) is 0 Å². The molecule has 2 aromatic heterocycles. The van der Waals surface area contributed by atoms with E-state index in [1.54, 1.807) is 19.4 Å². The lowest BCUT2D eigenvalue weighted by Gasteiger charge is -2.34. The molecule has 0 spiro atoms. The van der Waals surface area contributed by atoms with Gasteiger partial charge in [0.15, 0.2) is 0 Å². The van der Waals surface area contributed by atoms with Crippen LogP contribution in [-0.4, -0.2) is 52.0 Å². The third-order valence-corrected chi connectivity index (χ3v) is 5.02. The molecule has 2 aromatic rings. The lowest BCUT2D eigenvalue weighted by Crippen LogP contribution is -2.42. The molecule has 0 radical (unpaired) electrons. The van der Waals surface area contributed by atoms with E-state index in [4.69, 9.17) is 14.9 Å². The topological polar surface area (TPSA) is 87.1 Å². The molecule has 2 N–H and O–H groups in total. The van der Waals surface area contributed by atoms with Crippen molar-refractivity contribution in [3.8, 4) is 11.6 Å². The van der Waals surface area contributed by atoms with Crippen molar-refractivity contribution in [3.05, 3.63) is 41.6 Å². The number of likely N-dealkylation sites (tertiary alicyclic amines) is 1. The summed E-state index contributed by atoms with van der Waals surface area (Å²) in [6, 6.07) is 3.63. The SMILES string of the molecule is COc1ccc(OC2CCN(C(=N)/C(C)=C(/C)c3ncc(CF)[nH]3)CC2)cn1. The Morgan fingerprint density at radius 2 is 2.00 bits per heavy atom. The lowest BCUT2D eigenvalue weighted by atomic mass is 10.0. The molecule has 8 heteroatoms. The highest BCUT2D eigenvalue weighted by Crippen LogP contribution is 2.23. The van der Waals surface area contributed by atoms with Crippen molar-refractivity contribution in [2.75, 3.05) is 20.2 Å². The molecule has 0 saturated carbocycles. The lowest BCUT2D eigenvalue weighted by molar-refractivity contribution is 0.130. The van der Waals surface area contributed by atoms with Crippen LogP contribution in [0.15, 0.2) is 30.1 Å². The fourth-order valence-corrected chi connectivity index (χ4v) is 3.16. The molecule has 0 unspecified atom stereocenters. The molecule has 0 aliphatic carbocycles. The molecule has 0 aromatic carbocycles. The summed E-state index contributed by atoms with van der Waals surface area (Å²) in [6.07, 6.45) is 4.91. The molecular weight excluding hydrogens is 361 g/mol. The maximum atomic E-state index is 12.7. The summed E-state index contributed by atoms with van der Waals surface area (Å²) in [5.74, 6) is 2.37. The zero-order valence-electron chi connectivity index (χ0n) is 16.5. The summed E-state index contributed by atoms with van der Waals surface area (Å²) in [6.45, 7) is 4.71. The maximum Gasteiger partial charge on any atom is 0.213 e.